The van der Waals surface area contributed by atoms with E-state index in [1.807, 2.05) is 13.8 Å². The van der Waals surface area contributed by atoms with Gasteiger partial charge in [0.15, 0.2) is 4.90 Å². The van der Waals surface area contributed by atoms with Gasteiger partial charge >= 0.3 is 0 Å². The van der Waals surface area contributed by atoms with Crippen molar-refractivity contribution in [2.24, 2.45) is 11.7 Å². The molecule has 0 aliphatic heterocycles. The molecule has 7 nitrogen and oxygen atoms in total. The summed E-state index contributed by atoms with van der Waals surface area (Å²) in [5, 5.41) is 10.8. The van der Waals surface area contributed by atoms with Gasteiger partial charge in [0.05, 0.1) is 4.92 Å². The third kappa shape index (κ3) is 3.98. The number of nitrogens with zero attached hydrogens (tertiary/aromatic N) is 1. The fourth-order valence-electron chi connectivity index (χ4n) is 1.35. The molecule has 0 radical (unpaired) electrons. The van der Waals surface area contributed by atoms with Crippen LogP contribution in [0.5, 0.6) is 0 Å². The van der Waals surface area contributed by atoms with Crippen molar-refractivity contribution in [3.63, 3.8) is 0 Å². The van der Waals surface area contributed by atoms with E-state index in [2.05, 4.69) is 4.72 Å². The lowest BCUT2D eigenvalue weighted by molar-refractivity contribution is -0.387. The van der Waals surface area contributed by atoms with Crippen LogP contribution in [-0.4, -0.2) is 25.9 Å². The predicted molar refractivity (Wildman–Crippen MR) is 71.1 cm³/mol. The Hall–Kier alpha value is -1.51. The van der Waals surface area contributed by atoms with Crippen LogP contribution in [0.3, 0.4) is 0 Å². The molecule has 1 rings (SSSR count). The zero-order valence-electron chi connectivity index (χ0n) is 10.7. The smallest absolute Gasteiger partial charge is 0.289 e. The molecule has 1 unspecified atom stereocenters. The fraction of sp³-hybridized carbons (Fsp3) is 0.455. The molecule has 106 valence electrons. The van der Waals surface area contributed by atoms with Crippen molar-refractivity contribution in [3.8, 4) is 0 Å². The summed E-state index contributed by atoms with van der Waals surface area (Å²) in [6.07, 6.45) is 0. The van der Waals surface area contributed by atoms with Crippen LogP contribution in [0.2, 0.25) is 0 Å². The van der Waals surface area contributed by atoms with Gasteiger partial charge < -0.3 is 5.73 Å². The first-order chi connectivity index (χ1) is 8.75. The largest absolute Gasteiger partial charge is 0.326 e. The number of hydrogen-bond donors (Lipinski definition) is 2. The highest BCUT2D eigenvalue weighted by Crippen LogP contribution is 2.22. The maximum atomic E-state index is 12.0. The summed E-state index contributed by atoms with van der Waals surface area (Å²) in [6, 6.07) is 4.84. The monoisotopic (exact) mass is 287 g/mol. The number of rotatable bonds is 6. The van der Waals surface area contributed by atoms with Gasteiger partial charge in [0.25, 0.3) is 5.69 Å². The lowest BCUT2D eigenvalue weighted by Crippen LogP contribution is -2.40. The predicted octanol–water partition coefficient (Wildman–Crippen LogP) is 0.856. The molecule has 0 amide bonds. The summed E-state index contributed by atoms with van der Waals surface area (Å²) < 4.78 is 26.3. The molecular formula is C11H17N3O4S. The van der Waals surface area contributed by atoms with Crippen LogP contribution in [0.25, 0.3) is 0 Å². The SMILES string of the molecule is CC(C)C(N)CNS(=O)(=O)c1ccccc1[N+](=O)[O-]. The van der Waals surface area contributed by atoms with Gasteiger partial charge in [-0.25, -0.2) is 13.1 Å². The van der Waals surface area contributed by atoms with Gasteiger partial charge in [-0.2, -0.15) is 0 Å². The Morgan fingerprint density at radius 1 is 1.37 bits per heavy atom. The summed E-state index contributed by atoms with van der Waals surface area (Å²) in [7, 11) is -3.94. The van der Waals surface area contributed by atoms with Crippen molar-refractivity contribution in [3.05, 3.63) is 34.4 Å². The van der Waals surface area contributed by atoms with E-state index in [4.69, 9.17) is 5.73 Å². The Bertz CT molecular complexity index is 557. The number of nitro benzene ring substituents is 1. The van der Waals surface area contributed by atoms with E-state index in [-0.39, 0.29) is 23.4 Å². The van der Waals surface area contributed by atoms with Crippen LogP contribution >= 0.6 is 0 Å². The zero-order valence-corrected chi connectivity index (χ0v) is 11.6. The summed E-state index contributed by atoms with van der Waals surface area (Å²) in [6.45, 7) is 3.76. The maximum absolute atomic E-state index is 12.0. The third-order valence-corrected chi connectivity index (χ3v) is 4.19. The molecule has 19 heavy (non-hydrogen) atoms. The van der Waals surface area contributed by atoms with Crippen LogP contribution in [0.4, 0.5) is 5.69 Å². The molecule has 1 atom stereocenters. The van der Waals surface area contributed by atoms with Crippen molar-refractivity contribution in [1.29, 1.82) is 0 Å². The minimum atomic E-state index is -3.94. The molecule has 0 saturated carbocycles. The van der Waals surface area contributed by atoms with E-state index in [9.17, 15) is 18.5 Å². The Kier molecular flexibility index (Phi) is 4.98. The minimum absolute atomic E-state index is 0.0338. The first-order valence-corrected chi connectivity index (χ1v) is 7.22. The van der Waals surface area contributed by atoms with E-state index in [1.165, 1.54) is 18.2 Å². The number of nitrogens with two attached hydrogens (primary N) is 1. The maximum Gasteiger partial charge on any atom is 0.289 e. The topological polar surface area (TPSA) is 115 Å². The molecule has 0 spiro atoms. The van der Waals surface area contributed by atoms with Gasteiger partial charge in [-0.1, -0.05) is 26.0 Å². The van der Waals surface area contributed by atoms with Gasteiger partial charge in [0.1, 0.15) is 0 Å². The Morgan fingerprint density at radius 2 is 1.95 bits per heavy atom. The number of hydrogen-bond acceptors (Lipinski definition) is 5. The average Bonchev–Trinajstić information content (AvgIpc) is 2.35. The number of nitrogens with one attached hydrogen (secondary N) is 1. The number of nitro groups is 1. The Morgan fingerprint density at radius 3 is 2.47 bits per heavy atom. The second kappa shape index (κ2) is 6.09. The fourth-order valence-corrected chi connectivity index (χ4v) is 2.60. The van der Waals surface area contributed by atoms with Gasteiger partial charge in [-0.3, -0.25) is 10.1 Å². The van der Waals surface area contributed by atoms with Gasteiger partial charge in [-0.05, 0) is 12.0 Å². The number of para-hydroxylation sites is 1. The molecule has 0 aromatic heterocycles. The number of benzene rings is 1. The molecule has 0 heterocycles. The number of sulfonamides is 1. The summed E-state index contributed by atoms with van der Waals surface area (Å²) in [5.74, 6) is 0.105. The van der Waals surface area contributed by atoms with E-state index < -0.39 is 20.6 Å². The molecule has 0 bridgehead atoms. The molecule has 1 aromatic rings. The van der Waals surface area contributed by atoms with Gasteiger partial charge in [0, 0.05) is 18.7 Å². The van der Waals surface area contributed by atoms with Crippen molar-refractivity contribution in [2.45, 2.75) is 24.8 Å². The van der Waals surface area contributed by atoms with Crippen molar-refractivity contribution in [1.82, 2.24) is 4.72 Å². The van der Waals surface area contributed by atoms with Crippen molar-refractivity contribution in [2.75, 3.05) is 6.54 Å². The second-order valence-corrected chi connectivity index (χ2v) is 6.22. The quantitative estimate of drug-likeness (QED) is 0.594. The minimum Gasteiger partial charge on any atom is -0.326 e. The first-order valence-electron chi connectivity index (χ1n) is 5.74. The van der Waals surface area contributed by atoms with Gasteiger partial charge in [-0.15, -0.1) is 0 Å². The lowest BCUT2D eigenvalue weighted by Gasteiger charge is -2.16. The average molecular weight is 287 g/mol. The molecule has 0 aliphatic carbocycles. The second-order valence-electron chi connectivity index (χ2n) is 4.48. The van der Waals surface area contributed by atoms with Gasteiger partial charge in [0.2, 0.25) is 10.0 Å². The Balaban J connectivity index is 2.98. The van der Waals surface area contributed by atoms with Crippen LogP contribution in [-0.2, 0) is 10.0 Å². The van der Waals surface area contributed by atoms with E-state index in [0.717, 1.165) is 6.07 Å². The zero-order chi connectivity index (χ0) is 14.6. The molecule has 0 fully saturated rings. The lowest BCUT2D eigenvalue weighted by atomic mass is 10.1. The van der Waals surface area contributed by atoms with E-state index >= 15 is 0 Å². The summed E-state index contributed by atoms with van der Waals surface area (Å²) in [5.41, 5.74) is 5.29. The third-order valence-electron chi connectivity index (χ3n) is 2.72. The van der Waals surface area contributed by atoms with Crippen LogP contribution in [0.15, 0.2) is 29.2 Å². The van der Waals surface area contributed by atoms with Crippen LogP contribution in [0.1, 0.15) is 13.8 Å². The molecule has 1 aromatic carbocycles. The molecule has 8 heteroatoms. The molecule has 0 aliphatic rings. The summed E-state index contributed by atoms with van der Waals surface area (Å²) in [4.78, 5) is 9.73. The van der Waals surface area contributed by atoms with Crippen molar-refractivity contribution >= 4 is 15.7 Å². The highest BCUT2D eigenvalue weighted by atomic mass is 32.2. The van der Waals surface area contributed by atoms with Crippen LogP contribution < -0.4 is 10.5 Å². The van der Waals surface area contributed by atoms with Crippen molar-refractivity contribution < 1.29 is 13.3 Å². The van der Waals surface area contributed by atoms with E-state index in [0.29, 0.717) is 0 Å². The Labute approximate surface area is 112 Å². The highest BCUT2D eigenvalue weighted by molar-refractivity contribution is 7.89. The van der Waals surface area contributed by atoms with E-state index in [1.54, 1.807) is 0 Å². The standard InChI is InChI=1S/C11H17N3O4S/c1-8(2)9(12)7-13-19(17,18)11-6-4-3-5-10(11)14(15)16/h3-6,8-9,13H,7,12H2,1-2H3. The normalized spacial score (nSPS) is 13.5. The summed E-state index contributed by atoms with van der Waals surface area (Å²) >= 11 is 0. The molecular weight excluding hydrogens is 270 g/mol. The molecule has 3 N–H and O–H groups in total. The van der Waals surface area contributed by atoms with Crippen LogP contribution in [0, 0.1) is 16.0 Å². The molecule has 0 saturated heterocycles. The highest BCUT2D eigenvalue weighted by Gasteiger charge is 2.25. The first kappa shape index (κ1) is 15.5.